The fraction of sp³-hybridized carbons (Fsp3) is 0.375. The lowest BCUT2D eigenvalue weighted by Crippen LogP contribution is -2.39. The van der Waals surface area contributed by atoms with Gasteiger partial charge in [0.1, 0.15) is 11.0 Å². The summed E-state index contributed by atoms with van der Waals surface area (Å²) in [5.74, 6) is 1.54. The third kappa shape index (κ3) is 3.34. The Morgan fingerprint density at radius 3 is 2.81 bits per heavy atom. The van der Waals surface area contributed by atoms with Crippen LogP contribution in [0.25, 0.3) is 11.4 Å². The average molecular weight is 304 g/mol. The Morgan fingerprint density at radius 1 is 1.24 bits per heavy atom. The molecule has 110 valence electrons. The van der Waals surface area contributed by atoms with Crippen LogP contribution >= 0.6 is 11.6 Å². The summed E-state index contributed by atoms with van der Waals surface area (Å²) < 4.78 is 5.47. The minimum absolute atomic E-state index is 0.257. The highest BCUT2D eigenvalue weighted by atomic mass is 35.5. The van der Waals surface area contributed by atoms with Crippen molar-refractivity contribution in [1.29, 1.82) is 0 Å². The van der Waals surface area contributed by atoms with Crippen LogP contribution in [0.5, 0.6) is 0 Å². The van der Waals surface area contributed by atoms with E-state index in [2.05, 4.69) is 14.9 Å². The Balaban J connectivity index is 1.91. The number of aromatic nitrogens is 2. The second-order valence-corrected chi connectivity index (χ2v) is 5.57. The molecule has 5 heteroatoms. The molecule has 1 fully saturated rings. The molecule has 0 radical (unpaired) electrons. The zero-order valence-electron chi connectivity index (χ0n) is 12.0. The first kappa shape index (κ1) is 14.3. The number of methoxy groups -OCH3 is 1. The van der Waals surface area contributed by atoms with E-state index in [0.717, 1.165) is 37.3 Å². The van der Waals surface area contributed by atoms with Gasteiger partial charge in [0.15, 0.2) is 5.82 Å². The fourth-order valence-corrected chi connectivity index (χ4v) is 2.80. The van der Waals surface area contributed by atoms with E-state index in [1.54, 1.807) is 7.11 Å². The molecule has 1 aliphatic heterocycles. The molecule has 2 aromatic rings. The number of hydrogen-bond acceptors (Lipinski definition) is 4. The van der Waals surface area contributed by atoms with Crippen molar-refractivity contribution in [1.82, 2.24) is 9.97 Å². The summed E-state index contributed by atoms with van der Waals surface area (Å²) in [6.45, 7) is 1.82. The highest BCUT2D eigenvalue weighted by Crippen LogP contribution is 2.25. The standard InChI is InChI=1S/C16H18ClN3O/c1-21-13-8-5-9-20(11-13)15-10-14(17)18-16(19-15)12-6-3-2-4-7-12/h2-4,6-7,10,13H,5,8-9,11H2,1H3. The van der Waals surface area contributed by atoms with Gasteiger partial charge in [0, 0.05) is 31.8 Å². The Bertz CT molecular complexity index is 606. The van der Waals surface area contributed by atoms with Crippen molar-refractivity contribution in [3.8, 4) is 11.4 Å². The van der Waals surface area contributed by atoms with E-state index in [0.29, 0.717) is 11.0 Å². The van der Waals surface area contributed by atoms with Crippen molar-refractivity contribution < 1.29 is 4.74 Å². The number of piperidine rings is 1. The van der Waals surface area contributed by atoms with Crippen molar-refractivity contribution in [3.05, 3.63) is 41.6 Å². The zero-order chi connectivity index (χ0) is 14.7. The molecule has 0 saturated carbocycles. The van der Waals surface area contributed by atoms with Crippen LogP contribution in [0.1, 0.15) is 12.8 Å². The molecule has 0 amide bonds. The van der Waals surface area contributed by atoms with Gasteiger partial charge in [-0.1, -0.05) is 41.9 Å². The molecule has 1 aliphatic rings. The van der Waals surface area contributed by atoms with Crippen molar-refractivity contribution in [3.63, 3.8) is 0 Å². The van der Waals surface area contributed by atoms with Crippen LogP contribution < -0.4 is 4.90 Å². The van der Waals surface area contributed by atoms with Gasteiger partial charge < -0.3 is 9.64 Å². The van der Waals surface area contributed by atoms with Gasteiger partial charge in [-0.25, -0.2) is 9.97 Å². The minimum Gasteiger partial charge on any atom is -0.380 e. The molecule has 1 atom stereocenters. The third-order valence-electron chi connectivity index (χ3n) is 3.75. The van der Waals surface area contributed by atoms with Crippen LogP contribution in [0.2, 0.25) is 5.15 Å². The van der Waals surface area contributed by atoms with E-state index >= 15 is 0 Å². The number of rotatable bonds is 3. The first-order chi connectivity index (χ1) is 10.3. The van der Waals surface area contributed by atoms with Crippen molar-refractivity contribution in [2.75, 3.05) is 25.1 Å². The monoisotopic (exact) mass is 303 g/mol. The molecule has 0 bridgehead atoms. The highest BCUT2D eigenvalue weighted by Gasteiger charge is 2.21. The quantitative estimate of drug-likeness (QED) is 0.815. The van der Waals surface area contributed by atoms with E-state index < -0.39 is 0 Å². The maximum absolute atomic E-state index is 6.18. The summed E-state index contributed by atoms with van der Waals surface area (Å²) in [5, 5.41) is 0.471. The summed E-state index contributed by atoms with van der Waals surface area (Å²) in [4.78, 5) is 11.2. The van der Waals surface area contributed by atoms with Crippen LogP contribution in [0.4, 0.5) is 5.82 Å². The number of hydrogen-bond donors (Lipinski definition) is 0. The van der Waals surface area contributed by atoms with E-state index in [1.165, 1.54) is 0 Å². The average Bonchev–Trinajstić information content (AvgIpc) is 2.55. The lowest BCUT2D eigenvalue weighted by Gasteiger charge is -2.32. The first-order valence-electron chi connectivity index (χ1n) is 7.14. The molecule has 4 nitrogen and oxygen atoms in total. The molecule has 0 N–H and O–H groups in total. The third-order valence-corrected chi connectivity index (χ3v) is 3.94. The van der Waals surface area contributed by atoms with Gasteiger partial charge in [-0.05, 0) is 12.8 Å². The van der Waals surface area contributed by atoms with Gasteiger partial charge in [-0.2, -0.15) is 0 Å². The van der Waals surface area contributed by atoms with Gasteiger partial charge in [0.05, 0.1) is 6.10 Å². The molecular formula is C16H18ClN3O. The number of halogens is 1. The van der Waals surface area contributed by atoms with Crippen LogP contribution in [0.3, 0.4) is 0 Å². The van der Waals surface area contributed by atoms with E-state index in [1.807, 2.05) is 36.4 Å². The van der Waals surface area contributed by atoms with Crippen LogP contribution in [-0.2, 0) is 4.74 Å². The molecule has 21 heavy (non-hydrogen) atoms. The van der Waals surface area contributed by atoms with Crippen LogP contribution in [0, 0.1) is 0 Å². The lowest BCUT2D eigenvalue weighted by molar-refractivity contribution is 0.0891. The highest BCUT2D eigenvalue weighted by molar-refractivity contribution is 6.29. The minimum atomic E-state index is 0.257. The largest absolute Gasteiger partial charge is 0.380 e. The van der Waals surface area contributed by atoms with Gasteiger partial charge in [0.25, 0.3) is 0 Å². The van der Waals surface area contributed by atoms with Crippen LogP contribution in [-0.4, -0.2) is 36.3 Å². The van der Waals surface area contributed by atoms with E-state index in [-0.39, 0.29) is 6.10 Å². The summed E-state index contributed by atoms with van der Waals surface area (Å²) in [5.41, 5.74) is 0.974. The summed E-state index contributed by atoms with van der Waals surface area (Å²) in [6, 6.07) is 11.7. The molecule has 1 aromatic heterocycles. The molecule has 2 heterocycles. The van der Waals surface area contributed by atoms with Gasteiger partial charge in [-0.15, -0.1) is 0 Å². The van der Waals surface area contributed by atoms with Gasteiger partial charge in [-0.3, -0.25) is 0 Å². The SMILES string of the molecule is COC1CCCN(c2cc(Cl)nc(-c3ccccc3)n2)C1. The number of ether oxygens (including phenoxy) is 1. The molecule has 3 rings (SSSR count). The Morgan fingerprint density at radius 2 is 2.05 bits per heavy atom. The number of benzene rings is 1. The molecule has 1 unspecified atom stereocenters. The van der Waals surface area contributed by atoms with Gasteiger partial charge in [0.2, 0.25) is 0 Å². The fourth-order valence-electron chi connectivity index (χ4n) is 2.62. The number of nitrogens with zero attached hydrogens (tertiary/aromatic N) is 3. The summed E-state index contributed by atoms with van der Waals surface area (Å²) >= 11 is 6.18. The predicted molar refractivity (Wildman–Crippen MR) is 84.7 cm³/mol. The second kappa shape index (κ2) is 6.41. The van der Waals surface area contributed by atoms with Crippen LogP contribution in [0.15, 0.2) is 36.4 Å². The molecule has 0 spiro atoms. The maximum Gasteiger partial charge on any atom is 0.163 e. The molecule has 1 saturated heterocycles. The van der Waals surface area contributed by atoms with Crippen molar-refractivity contribution >= 4 is 17.4 Å². The Labute approximate surface area is 129 Å². The lowest BCUT2D eigenvalue weighted by atomic mass is 10.1. The molecule has 1 aromatic carbocycles. The molecule has 0 aliphatic carbocycles. The van der Waals surface area contributed by atoms with E-state index in [4.69, 9.17) is 16.3 Å². The topological polar surface area (TPSA) is 38.2 Å². The smallest absolute Gasteiger partial charge is 0.163 e. The normalized spacial score (nSPS) is 18.8. The zero-order valence-corrected chi connectivity index (χ0v) is 12.8. The second-order valence-electron chi connectivity index (χ2n) is 5.18. The van der Waals surface area contributed by atoms with E-state index in [9.17, 15) is 0 Å². The molecular weight excluding hydrogens is 286 g/mol. The number of anilines is 1. The Kier molecular flexibility index (Phi) is 4.36. The summed E-state index contributed by atoms with van der Waals surface area (Å²) in [6.07, 6.45) is 2.45. The first-order valence-corrected chi connectivity index (χ1v) is 7.52. The van der Waals surface area contributed by atoms with Gasteiger partial charge >= 0.3 is 0 Å². The Hall–Kier alpha value is -1.65. The van der Waals surface area contributed by atoms with Crippen molar-refractivity contribution in [2.24, 2.45) is 0 Å². The predicted octanol–water partition coefficient (Wildman–Crippen LogP) is 3.41. The maximum atomic E-state index is 6.18. The van der Waals surface area contributed by atoms with Crippen molar-refractivity contribution in [2.45, 2.75) is 18.9 Å². The summed E-state index contributed by atoms with van der Waals surface area (Å²) in [7, 11) is 1.76.